The van der Waals surface area contributed by atoms with Gasteiger partial charge >= 0.3 is 5.97 Å². The zero-order valence-corrected chi connectivity index (χ0v) is 9.41. The van der Waals surface area contributed by atoms with Crippen molar-refractivity contribution in [2.45, 2.75) is 12.0 Å². The zero-order valence-electron chi connectivity index (χ0n) is 9.41. The summed E-state index contributed by atoms with van der Waals surface area (Å²) >= 11 is 0. The second-order valence-corrected chi connectivity index (χ2v) is 4.15. The van der Waals surface area contributed by atoms with Gasteiger partial charge in [-0.15, -0.1) is 10.2 Å². The number of rotatable bonds is 3. The van der Waals surface area contributed by atoms with E-state index in [9.17, 15) is 9.90 Å². The predicted octanol–water partition coefficient (Wildman–Crippen LogP) is -0.220. The Labute approximate surface area is 102 Å². The molecule has 1 atom stereocenters. The van der Waals surface area contributed by atoms with Crippen molar-refractivity contribution in [2.24, 2.45) is 0 Å². The molecule has 2 N–H and O–H groups in total. The van der Waals surface area contributed by atoms with Gasteiger partial charge in [0.2, 0.25) is 5.65 Å². The lowest BCUT2D eigenvalue weighted by Gasteiger charge is -2.24. The molecule has 1 aliphatic rings. The average Bonchev–Trinajstić information content (AvgIpc) is 2.98. The van der Waals surface area contributed by atoms with Crippen LogP contribution in [0, 0.1) is 0 Å². The number of ether oxygens (including phenoxy) is 1. The minimum atomic E-state index is -1.14. The van der Waals surface area contributed by atoms with Crippen molar-refractivity contribution in [1.29, 1.82) is 0 Å². The molecule has 8 nitrogen and oxygen atoms in total. The molecule has 3 heterocycles. The van der Waals surface area contributed by atoms with Gasteiger partial charge in [-0.1, -0.05) is 0 Å². The Morgan fingerprint density at radius 2 is 2.50 bits per heavy atom. The number of hydrogen-bond acceptors (Lipinski definition) is 6. The lowest BCUT2D eigenvalue weighted by molar-refractivity contribution is -0.142. The Balaban J connectivity index is 2.00. The number of fused-ring (bicyclic) bond motifs is 1. The molecule has 0 bridgehead atoms. The van der Waals surface area contributed by atoms with Crippen LogP contribution in [0.4, 0.5) is 5.82 Å². The molecule has 0 radical (unpaired) electrons. The minimum Gasteiger partial charge on any atom is -0.479 e. The van der Waals surface area contributed by atoms with E-state index in [4.69, 9.17) is 4.74 Å². The van der Waals surface area contributed by atoms with Crippen molar-refractivity contribution < 1.29 is 14.6 Å². The summed E-state index contributed by atoms with van der Waals surface area (Å²) in [6, 6.07) is 0. The Hall–Kier alpha value is -2.22. The SMILES string of the molecule is O=C(O)C1(Nc2nccn3cnnc23)CCOC1. The van der Waals surface area contributed by atoms with Crippen molar-refractivity contribution >= 4 is 17.4 Å². The number of nitrogens with zero attached hydrogens (tertiary/aromatic N) is 4. The molecular formula is C10H11N5O3. The van der Waals surface area contributed by atoms with Crippen LogP contribution in [0.5, 0.6) is 0 Å². The third-order valence-electron chi connectivity index (χ3n) is 3.00. The van der Waals surface area contributed by atoms with Gasteiger partial charge in [0.15, 0.2) is 11.4 Å². The smallest absolute Gasteiger partial charge is 0.331 e. The lowest BCUT2D eigenvalue weighted by atomic mass is 9.99. The normalized spacial score (nSPS) is 23.3. The maximum absolute atomic E-state index is 11.4. The molecule has 0 spiro atoms. The van der Waals surface area contributed by atoms with E-state index in [2.05, 4.69) is 20.5 Å². The molecule has 94 valence electrons. The fourth-order valence-electron chi connectivity index (χ4n) is 1.96. The van der Waals surface area contributed by atoms with Crippen LogP contribution in [-0.2, 0) is 9.53 Å². The van der Waals surface area contributed by atoms with E-state index in [1.807, 2.05) is 0 Å². The second kappa shape index (κ2) is 3.91. The monoisotopic (exact) mass is 249 g/mol. The number of carbonyl (C=O) groups is 1. The Morgan fingerprint density at radius 1 is 1.61 bits per heavy atom. The van der Waals surface area contributed by atoms with Gasteiger partial charge in [0.1, 0.15) is 6.33 Å². The topological polar surface area (TPSA) is 102 Å². The van der Waals surface area contributed by atoms with Crippen LogP contribution in [0.3, 0.4) is 0 Å². The van der Waals surface area contributed by atoms with E-state index in [1.165, 1.54) is 6.33 Å². The number of aliphatic carboxylic acids is 1. The molecule has 2 aromatic heterocycles. The highest BCUT2D eigenvalue weighted by Crippen LogP contribution is 2.25. The highest BCUT2D eigenvalue weighted by Gasteiger charge is 2.43. The highest BCUT2D eigenvalue weighted by atomic mass is 16.5. The van der Waals surface area contributed by atoms with E-state index < -0.39 is 11.5 Å². The predicted molar refractivity (Wildman–Crippen MR) is 60.2 cm³/mol. The van der Waals surface area contributed by atoms with Crippen LogP contribution in [0.15, 0.2) is 18.7 Å². The number of nitrogens with one attached hydrogen (secondary N) is 1. The lowest BCUT2D eigenvalue weighted by Crippen LogP contribution is -2.47. The van der Waals surface area contributed by atoms with Crippen LogP contribution in [0.2, 0.25) is 0 Å². The van der Waals surface area contributed by atoms with Gasteiger partial charge in [0.25, 0.3) is 0 Å². The van der Waals surface area contributed by atoms with E-state index in [1.54, 1.807) is 16.8 Å². The maximum Gasteiger partial charge on any atom is 0.331 e. The Bertz CT molecular complexity index is 590. The summed E-state index contributed by atoms with van der Waals surface area (Å²) in [5.41, 5.74) is -0.647. The molecular weight excluding hydrogens is 238 g/mol. The summed E-state index contributed by atoms with van der Waals surface area (Å²) in [4.78, 5) is 15.5. The second-order valence-electron chi connectivity index (χ2n) is 4.15. The zero-order chi connectivity index (χ0) is 12.6. The first kappa shape index (κ1) is 10.9. The summed E-state index contributed by atoms with van der Waals surface area (Å²) in [6.45, 7) is 0.522. The van der Waals surface area contributed by atoms with Crippen LogP contribution >= 0.6 is 0 Å². The van der Waals surface area contributed by atoms with Crippen molar-refractivity contribution in [3.05, 3.63) is 18.7 Å². The van der Waals surface area contributed by atoms with Gasteiger partial charge in [0.05, 0.1) is 6.61 Å². The summed E-state index contributed by atoms with van der Waals surface area (Å²) < 4.78 is 6.84. The Kier molecular flexibility index (Phi) is 2.37. The molecule has 0 saturated carbocycles. The molecule has 0 aromatic carbocycles. The van der Waals surface area contributed by atoms with Gasteiger partial charge < -0.3 is 15.2 Å². The van der Waals surface area contributed by atoms with Crippen molar-refractivity contribution in [3.63, 3.8) is 0 Å². The molecule has 1 unspecified atom stereocenters. The average molecular weight is 249 g/mol. The first-order valence-corrected chi connectivity index (χ1v) is 5.45. The third kappa shape index (κ3) is 1.58. The van der Waals surface area contributed by atoms with Crippen LogP contribution in [-0.4, -0.2) is 49.4 Å². The minimum absolute atomic E-state index is 0.110. The number of aromatic nitrogens is 4. The Morgan fingerprint density at radius 3 is 3.22 bits per heavy atom. The molecule has 3 rings (SSSR count). The first-order chi connectivity index (χ1) is 8.71. The van der Waals surface area contributed by atoms with Crippen LogP contribution in [0.1, 0.15) is 6.42 Å². The molecule has 1 fully saturated rings. The standard InChI is InChI=1S/C10H11N5O3/c16-9(17)10(1-4-18-5-10)13-7-8-14-12-6-15(8)3-2-11-7/h2-3,6H,1,4-5H2,(H,11,13)(H,16,17). The summed E-state index contributed by atoms with van der Waals surface area (Å²) in [5.74, 6) is -0.564. The first-order valence-electron chi connectivity index (χ1n) is 5.45. The summed E-state index contributed by atoms with van der Waals surface area (Å²) in [6.07, 6.45) is 5.17. The van der Waals surface area contributed by atoms with Gasteiger partial charge in [-0.2, -0.15) is 0 Å². The number of hydrogen-bond donors (Lipinski definition) is 2. The molecule has 2 aromatic rings. The fourth-order valence-corrected chi connectivity index (χ4v) is 1.96. The van der Waals surface area contributed by atoms with E-state index in [0.29, 0.717) is 24.5 Å². The number of carboxylic acid groups (broad SMARTS) is 1. The quantitative estimate of drug-likeness (QED) is 0.775. The number of anilines is 1. The van der Waals surface area contributed by atoms with Gasteiger partial charge in [-0.25, -0.2) is 9.78 Å². The van der Waals surface area contributed by atoms with Crippen molar-refractivity contribution in [1.82, 2.24) is 19.6 Å². The van der Waals surface area contributed by atoms with E-state index >= 15 is 0 Å². The molecule has 0 amide bonds. The van der Waals surface area contributed by atoms with Crippen molar-refractivity contribution in [3.8, 4) is 0 Å². The molecule has 1 aliphatic heterocycles. The van der Waals surface area contributed by atoms with Crippen LogP contribution in [0.25, 0.3) is 5.65 Å². The molecule has 1 saturated heterocycles. The van der Waals surface area contributed by atoms with Gasteiger partial charge in [-0.3, -0.25) is 4.40 Å². The van der Waals surface area contributed by atoms with Gasteiger partial charge in [0, 0.05) is 25.4 Å². The molecule has 8 heteroatoms. The van der Waals surface area contributed by atoms with E-state index in [-0.39, 0.29) is 6.61 Å². The largest absolute Gasteiger partial charge is 0.479 e. The summed E-state index contributed by atoms with van der Waals surface area (Å²) in [5, 5.41) is 19.9. The molecule has 18 heavy (non-hydrogen) atoms. The fraction of sp³-hybridized carbons (Fsp3) is 0.400. The van der Waals surface area contributed by atoms with Gasteiger partial charge in [-0.05, 0) is 0 Å². The summed E-state index contributed by atoms with van der Waals surface area (Å²) in [7, 11) is 0. The maximum atomic E-state index is 11.4. The molecule has 0 aliphatic carbocycles. The highest BCUT2D eigenvalue weighted by molar-refractivity contribution is 5.84. The van der Waals surface area contributed by atoms with E-state index in [0.717, 1.165) is 0 Å². The van der Waals surface area contributed by atoms with Crippen LogP contribution < -0.4 is 5.32 Å². The number of carboxylic acids is 1. The third-order valence-corrected chi connectivity index (χ3v) is 3.00. The van der Waals surface area contributed by atoms with Crippen molar-refractivity contribution in [2.75, 3.05) is 18.5 Å².